The Morgan fingerprint density at radius 1 is 0.920 bits per heavy atom. The molecule has 1 aromatic heterocycles. The van der Waals surface area contributed by atoms with Gasteiger partial charge in [0.1, 0.15) is 5.60 Å². The third-order valence-electron chi connectivity index (χ3n) is 10.3. The fourth-order valence-electron chi connectivity index (χ4n) is 7.65. The zero-order valence-corrected chi connectivity index (χ0v) is 28.9. The van der Waals surface area contributed by atoms with Crippen molar-refractivity contribution in [2.45, 2.75) is 83.2 Å². The summed E-state index contributed by atoms with van der Waals surface area (Å²) in [5, 5.41) is 22.0. The maximum absolute atomic E-state index is 14.2. The molecule has 0 bridgehead atoms. The minimum Gasteiger partial charge on any atom is -0.444 e. The van der Waals surface area contributed by atoms with Crippen LogP contribution in [0.5, 0.6) is 0 Å². The molecule has 0 unspecified atom stereocenters. The van der Waals surface area contributed by atoms with Crippen LogP contribution in [-0.2, 0) is 16.1 Å². The van der Waals surface area contributed by atoms with Gasteiger partial charge in [-0.3, -0.25) is 14.4 Å². The normalized spacial score (nSPS) is 21.7. The van der Waals surface area contributed by atoms with Gasteiger partial charge >= 0.3 is 12.3 Å². The molecule has 1 aromatic carbocycles. The molecular formula is C36H47F3N4O7. The first kappa shape index (κ1) is 37.3. The monoisotopic (exact) mass is 704 g/mol. The number of likely N-dealkylation sites (tertiary alicyclic amines) is 1. The van der Waals surface area contributed by atoms with Gasteiger partial charge in [0.25, 0.3) is 11.5 Å². The van der Waals surface area contributed by atoms with E-state index in [0.29, 0.717) is 24.0 Å². The molecule has 11 nitrogen and oxygen atoms in total. The minimum absolute atomic E-state index is 0.00124. The number of halogens is 3. The van der Waals surface area contributed by atoms with Crippen LogP contribution in [0, 0.1) is 11.3 Å². The van der Waals surface area contributed by atoms with E-state index in [4.69, 9.17) is 4.74 Å². The fourth-order valence-corrected chi connectivity index (χ4v) is 7.65. The molecule has 2 N–H and O–H groups in total. The largest absolute Gasteiger partial charge is 0.444 e. The number of rotatable bonds is 7. The number of hydrogen-bond donors (Lipinski definition) is 2. The van der Waals surface area contributed by atoms with Crippen molar-refractivity contribution < 1.29 is 42.5 Å². The van der Waals surface area contributed by atoms with Crippen molar-refractivity contribution in [1.82, 2.24) is 19.3 Å². The van der Waals surface area contributed by atoms with Crippen molar-refractivity contribution in [2.24, 2.45) is 11.3 Å². The van der Waals surface area contributed by atoms with E-state index < -0.39 is 59.3 Å². The number of piperidine rings is 1. The number of piperazine rings is 1. The molecule has 50 heavy (non-hydrogen) atoms. The molecule has 1 saturated carbocycles. The van der Waals surface area contributed by atoms with Crippen LogP contribution in [0.25, 0.3) is 11.1 Å². The number of aliphatic hydroxyl groups excluding tert-OH is 1. The summed E-state index contributed by atoms with van der Waals surface area (Å²) in [7, 11) is 0. The average molecular weight is 705 g/mol. The van der Waals surface area contributed by atoms with Gasteiger partial charge in [-0.05, 0) is 45.6 Å². The highest BCUT2D eigenvalue weighted by Gasteiger charge is 2.56. The van der Waals surface area contributed by atoms with Crippen LogP contribution in [0.3, 0.4) is 0 Å². The average Bonchev–Trinajstić information content (AvgIpc) is 3.54. The van der Waals surface area contributed by atoms with Gasteiger partial charge in [-0.25, -0.2) is 4.79 Å². The number of alkyl halides is 3. The summed E-state index contributed by atoms with van der Waals surface area (Å²) in [4.78, 5) is 58.2. The standard InChI is InChI=1S/C36H47F3N4O7/c1-33(2,3)50-32(48)41-17-15-40(16-18-41)31(47)28-21-43(29(45)19-27(28)25-9-5-4-6-10-25)24-35(49)13-14-42(23-34(35)11-7-8-12-34)30(46)26(22-44)20-36(37,38)39/h4-6,9-10,19,21,26,44,49H,7-8,11-18,20,22-24H2,1-3H3/t26-,35+/m0/s1. The quantitative estimate of drug-likeness (QED) is 0.440. The van der Waals surface area contributed by atoms with Crippen LogP contribution in [0.4, 0.5) is 18.0 Å². The molecule has 2 aliphatic heterocycles. The number of nitrogens with zero attached hydrogens (tertiary/aromatic N) is 4. The van der Waals surface area contributed by atoms with Gasteiger partial charge < -0.3 is 34.2 Å². The molecule has 14 heteroatoms. The molecule has 3 amide bonds. The summed E-state index contributed by atoms with van der Waals surface area (Å²) in [6.07, 6.45) is -2.58. The Labute approximate surface area is 289 Å². The van der Waals surface area contributed by atoms with Crippen molar-refractivity contribution in [1.29, 1.82) is 0 Å². The SMILES string of the molecule is CC(C)(C)OC(=O)N1CCN(C(=O)c2cn(C[C@]3(O)CCN(C(=O)[C@H](CO)CC(F)(F)F)CC34CCCC4)c(=O)cc2-c2ccccc2)CC1. The van der Waals surface area contributed by atoms with Crippen molar-refractivity contribution in [3.05, 3.63) is 58.5 Å². The van der Waals surface area contributed by atoms with Gasteiger partial charge in [0.2, 0.25) is 5.91 Å². The van der Waals surface area contributed by atoms with Crippen LogP contribution in [0.1, 0.15) is 69.7 Å². The number of amides is 3. The predicted octanol–water partition coefficient (Wildman–Crippen LogP) is 4.29. The third-order valence-corrected chi connectivity index (χ3v) is 10.3. The summed E-state index contributed by atoms with van der Waals surface area (Å²) in [5.74, 6) is -2.78. The second-order valence-electron chi connectivity index (χ2n) is 14.9. The number of aliphatic hydroxyl groups is 2. The number of carbonyl (C=O) groups excluding carboxylic acids is 3. The smallest absolute Gasteiger partial charge is 0.410 e. The highest BCUT2D eigenvalue weighted by atomic mass is 19.4. The zero-order valence-electron chi connectivity index (χ0n) is 28.9. The van der Waals surface area contributed by atoms with E-state index in [1.54, 1.807) is 54.8 Å². The van der Waals surface area contributed by atoms with E-state index in [1.807, 2.05) is 6.07 Å². The molecule has 2 atom stereocenters. The molecular weight excluding hydrogens is 657 g/mol. The maximum Gasteiger partial charge on any atom is 0.410 e. The number of aromatic nitrogens is 1. The molecule has 1 aliphatic carbocycles. The van der Waals surface area contributed by atoms with Crippen LogP contribution >= 0.6 is 0 Å². The number of pyridine rings is 1. The zero-order chi connectivity index (χ0) is 36.5. The Morgan fingerprint density at radius 2 is 1.54 bits per heavy atom. The van der Waals surface area contributed by atoms with Crippen molar-refractivity contribution in [2.75, 3.05) is 45.9 Å². The maximum atomic E-state index is 14.2. The first-order valence-corrected chi connectivity index (χ1v) is 17.2. The minimum atomic E-state index is -4.63. The fraction of sp³-hybridized carbons (Fsp3) is 0.611. The van der Waals surface area contributed by atoms with Crippen molar-refractivity contribution in [3.8, 4) is 11.1 Å². The van der Waals surface area contributed by atoms with E-state index >= 15 is 0 Å². The van der Waals surface area contributed by atoms with Crippen LogP contribution in [0.2, 0.25) is 0 Å². The molecule has 2 aromatic rings. The van der Waals surface area contributed by atoms with E-state index in [2.05, 4.69) is 0 Å². The molecule has 1 spiro atoms. The lowest BCUT2D eigenvalue weighted by molar-refractivity contribution is -0.175. The van der Waals surface area contributed by atoms with Crippen LogP contribution < -0.4 is 5.56 Å². The van der Waals surface area contributed by atoms with E-state index in [9.17, 15) is 42.6 Å². The number of hydrogen-bond acceptors (Lipinski definition) is 7. The Morgan fingerprint density at radius 3 is 2.12 bits per heavy atom. The van der Waals surface area contributed by atoms with Gasteiger partial charge in [0.05, 0.1) is 36.7 Å². The summed E-state index contributed by atoms with van der Waals surface area (Å²) >= 11 is 0. The molecule has 274 valence electrons. The Bertz CT molecular complexity index is 1610. The molecule has 3 heterocycles. The van der Waals surface area contributed by atoms with E-state index in [1.165, 1.54) is 21.7 Å². The number of benzene rings is 1. The van der Waals surface area contributed by atoms with Gasteiger partial charge in [-0.2, -0.15) is 13.2 Å². The Kier molecular flexibility index (Phi) is 10.7. The summed E-state index contributed by atoms with van der Waals surface area (Å²) < 4.78 is 46.3. The lowest BCUT2D eigenvalue weighted by Gasteiger charge is -2.53. The summed E-state index contributed by atoms with van der Waals surface area (Å²) in [6, 6.07) is 10.4. The predicted molar refractivity (Wildman–Crippen MR) is 178 cm³/mol. The Balaban J connectivity index is 1.42. The molecule has 0 radical (unpaired) electrons. The van der Waals surface area contributed by atoms with E-state index in [-0.39, 0.29) is 63.7 Å². The van der Waals surface area contributed by atoms with Crippen LogP contribution in [-0.4, -0.2) is 111 Å². The highest BCUT2D eigenvalue weighted by molar-refractivity contribution is 6.00. The lowest BCUT2D eigenvalue weighted by Crippen LogP contribution is -2.62. The lowest BCUT2D eigenvalue weighted by atomic mass is 9.65. The summed E-state index contributed by atoms with van der Waals surface area (Å²) in [6.45, 7) is 5.19. The topological polar surface area (TPSA) is 133 Å². The molecule has 3 fully saturated rings. The van der Waals surface area contributed by atoms with Crippen molar-refractivity contribution in [3.63, 3.8) is 0 Å². The second-order valence-corrected chi connectivity index (χ2v) is 14.9. The Hall–Kier alpha value is -3.91. The van der Waals surface area contributed by atoms with E-state index in [0.717, 1.165) is 12.8 Å². The van der Waals surface area contributed by atoms with Gasteiger partial charge in [0.15, 0.2) is 0 Å². The summed E-state index contributed by atoms with van der Waals surface area (Å²) in [5.41, 5.74) is -2.17. The molecule has 2 saturated heterocycles. The first-order valence-electron chi connectivity index (χ1n) is 17.2. The van der Waals surface area contributed by atoms with Gasteiger partial charge in [-0.15, -0.1) is 0 Å². The van der Waals surface area contributed by atoms with Gasteiger partial charge in [-0.1, -0.05) is 43.2 Å². The second kappa shape index (κ2) is 14.4. The third kappa shape index (κ3) is 8.17. The number of ether oxygens (including phenoxy) is 1. The molecule has 3 aliphatic rings. The van der Waals surface area contributed by atoms with Gasteiger partial charge in [0, 0.05) is 62.5 Å². The van der Waals surface area contributed by atoms with Crippen molar-refractivity contribution >= 4 is 17.9 Å². The number of carbonyl (C=O) groups is 3. The van der Waals surface area contributed by atoms with Crippen LogP contribution in [0.15, 0.2) is 47.4 Å². The first-order chi connectivity index (χ1) is 23.4. The highest BCUT2D eigenvalue weighted by Crippen LogP contribution is 2.52. The molecule has 5 rings (SSSR count).